The van der Waals surface area contributed by atoms with Gasteiger partial charge in [0.15, 0.2) is 0 Å². The Kier molecular flexibility index (Phi) is 11.5. The monoisotopic (exact) mass is 713 g/mol. The summed E-state index contributed by atoms with van der Waals surface area (Å²) in [6.45, 7) is 1.90. The van der Waals surface area contributed by atoms with E-state index in [-0.39, 0.29) is 48.8 Å². The quantitative estimate of drug-likeness (QED) is 0.115. The van der Waals surface area contributed by atoms with Gasteiger partial charge in [0.05, 0.1) is 39.0 Å². The van der Waals surface area contributed by atoms with Gasteiger partial charge in [-0.1, -0.05) is 48.5 Å². The standard InChI is InChI=1S/C20H18N2O5S2.C11H9NO4S2/c1-2-27-20(24)15-10-6-7-11-16(15)21-19(23)18-17(12-13-28-18)22-29(25,26)14-8-4-3-5-9-14;13-11(14)10-9(6-7-17-10)12-18(15,16)8-4-2-1-3-5-8/h3-13,22H,2H2,1H3,(H,21,23);1-7,12H,(H,13,14). The normalized spacial score (nSPS) is 11.0. The molecule has 0 unspecified atom stereocenters. The highest BCUT2D eigenvalue weighted by Gasteiger charge is 2.22. The van der Waals surface area contributed by atoms with Gasteiger partial charge in [0.25, 0.3) is 26.0 Å². The maximum atomic E-state index is 12.8. The molecule has 3 aromatic carbocycles. The smallest absolute Gasteiger partial charge is 0.348 e. The molecule has 4 N–H and O–H groups in total. The molecule has 5 rings (SSSR count). The first kappa shape index (κ1) is 34.8. The van der Waals surface area contributed by atoms with Crippen molar-refractivity contribution in [1.29, 1.82) is 0 Å². The van der Waals surface area contributed by atoms with Crippen LogP contribution in [0.2, 0.25) is 0 Å². The fourth-order valence-electron chi connectivity index (χ4n) is 3.89. The second-order valence-corrected chi connectivity index (χ2v) is 14.4. The Morgan fingerprint density at radius 1 is 0.660 bits per heavy atom. The molecule has 1 amide bonds. The van der Waals surface area contributed by atoms with E-state index in [2.05, 4.69) is 14.8 Å². The number of anilines is 3. The lowest BCUT2D eigenvalue weighted by Gasteiger charge is -2.11. The Hall–Kier alpha value is -5.03. The summed E-state index contributed by atoms with van der Waals surface area (Å²) in [5.74, 6) is -2.25. The number of hydrogen-bond donors (Lipinski definition) is 4. The Balaban J connectivity index is 0.000000238. The molecule has 2 heterocycles. The van der Waals surface area contributed by atoms with Crippen molar-refractivity contribution < 1.29 is 41.1 Å². The van der Waals surface area contributed by atoms with E-state index < -0.39 is 37.9 Å². The van der Waals surface area contributed by atoms with Crippen LogP contribution in [-0.4, -0.2) is 46.4 Å². The number of sulfonamides is 2. The van der Waals surface area contributed by atoms with Gasteiger partial charge in [0.2, 0.25) is 0 Å². The lowest BCUT2D eigenvalue weighted by molar-refractivity contribution is 0.0527. The number of amides is 1. The third kappa shape index (κ3) is 9.04. The highest BCUT2D eigenvalue weighted by molar-refractivity contribution is 7.93. The summed E-state index contributed by atoms with van der Waals surface area (Å²) in [5.41, 5.74) is 0.730. The average molecular weight is 714 g/mol. The summed E-state index contributed by atoms with van der Waals surface area (Å²) in [4.78, 5) is 36.0. The van der Waals surface area contributed by atoms with Crippen LogP contribution in [0.3, 0.4) is 0 Å². The van der Waals surface area contributed by atoms with E-state index in [1.54, 1.807) is 73.0 Å². The number of carboxylic acid groups (broad SMARTS) is 1. The molecule has 12 nitrogen and oxygen atoms in total. The number of carboxylic acids is 1. The number of nitrogens with one attached hydrogen (secondary N) is 3. The largest absolute Gasteiger partial charge is 0.477 e. The van der Waals surface area contributed by atoms with E-state index >= 15 is 0 Å². The van der Waals surface area contributed by atoms with Crippen LogP contribution in [0.5, 0.6) is 0 Å². The van der Waals surface area contributed by atoms with Gasteiger partial charge in [-0.15, -0.1) is 22.7 Å². The zero-order valence-corrected chi connectivity index (χ0v) is 27.7. The molecule has 0 bridgehead atoms. The molecule has 5 aromatic rings. The van der Waals surface area contributed by atoms with Crippen molar-refractivity contribution in [2.75, 3.05) is 21.4 Å². The van der Waals surface area contributed by atoms with Gasteiger partial charge in [-0.25, -0.2) is 26.4 Å². The van der Waals surface area contributed by atoms with Crippen LogP contribution in [0.25, 0.3) is 0 Å². The lowest BCUT2D eigenvalue weighted by Crippen LogP contribution is -2.18. The summed E-state index contributed by atoms with van der Waals surface area (Å²) in [5, 5.41) is 14.7. The molecule has 0 atom stereocenters. The molecule has 0 fully saturated rings. The first-order chi connectivity index (χ1) is 22.4. The van der Waals surface area contributed by atoms with Crippen molar-refractivity contribution in [1.82, 2.24) is 0 Å². The van der Waals surface area contributed by atoms with Crippen molar-refractivity contribution in [3.8, 4) is 0 Å². The zero-order valence-electron chi connectivity index (χ0n) is 24.4. The molecule has 0 radical (unpaired) electrons. The minimum atomic E-state index is -3.84. The molecule has 16 heteroatoms. The van der Waals surface area contributed by atoms with Crippen molar-refractivity contribution in [2.45, 2.75) is 16.7 Å². The van der Waals surface area contributed by atoms with Crippen LogP contribution in [-0.2, 0) is 24.8 Å². The second kappa shape index (κ2) is 15.5. The molecule has 2 aromatic heterocycles. The maximum Gasteiger partial charge on any atom is 0.348 e. The Bertz CT molecular complexity index is 2080. The van der Waals surface area contributed by atoms with Crippen LogP contribution < -0.4 is 14.8 Å². The zero-order chi connectivity index (χ0) is 34.0. The molecule has 244 valence electrons. The topological polar surface area (TPSA) is 185 Å². The van der Waals surface area contributed by atoms with Crippen LogP contribution in [0.4, 0.5) is 17.1 Å². The Morgan fingerprint density at radius 2 is 1.13 bits per heavy atom. The van der Waals surface area contributed by atoms with E-state index in [1.807, 2.05) is 0 Å². The van der Waals surface area contributed by atoms with Gasteiger partial charge in [-0.2, -0.15) is 0 Å². The Labute approximate surface area is 278 Å². The average Bonchev–Trinajstić information content (AvgIpc) is 3.72. The molecule has 0 saturated carbocycles. The van der Waals surface area contributed by atoms with Crippen LogP contribution in [0, 0.1) is 0 Å². The summed E-state index contributed by atoms with van der Waals surface area (Å²) in [6.07, 6.45) is 0. The van der Waals surface area contributed by atoms with Crippen molar-refractivity contribution in [3.63, 3.8) is 0 Å². The van der Waals surface area contributed by atoms with Gasteiger partial charge < -0.3 is 15.2 Å². The summed E-state index contributed by atoms with van der Waals surface area (Å²) < 4.78 is 58.8. The molecular weight excluding hydrogens is 687 g/mol. The first-order valence-corrected chi connectivity index (χ1v) is 18.3. The third-order valence-electron chi connectivity index (χ3n) is 6.00. The van der Waals surface area contributed by atoms with Crippen LogP contribution in [0.15, 0.2) is 118 Å². The molecule has 0 spiro atoms. The highest BCUT2D eigenvalue weighted by atomic mass is 32.2. The predicted molar refractivity (Wildman–Crippen MR) is 180 cm³/mol. The molecule has 0 aliphatic heterocycles. The maximum absolute atomic E-state index is 12.8. The minimum Gasteiger partial charge on any atom is -0.477 e. The number of rotatable bonds is 11. The fourth-order valence-corrected chi connectivity index (χ4v) is 7.63. The van der Waals surface area contributed by atoms with E-state index in [1.165, 1.54) is 41.8 Å². The van der Waals surface area contributed by atoms with Gasteiger partial charge in [0.1, 0.15) is 9.75 Å². The number of para-hydroxylation sites is 1. The number of ether oxygens (including phenoxy) is 1. The van der Waals surface area contributed by atoms with Crippen LogP contribution in [0.1, 0.15) is 36.6 Å². The molecule has 0 saturated heterocycles. The predicted octanol–water partition coefficient (Wildman–Crippen LogP) is 6.23. The van der Waals surface area contributed by atoms with Gasteiger partial charge in [0, 0.05) is 0 Å². The number of carbonyl (C=O) groups excluding carboxylic acids is 2. The SMILES string of the molecule is CCOC(=O)c1ccccc1NC(=O)c1sccc1NS(=O)(=O)c1ccccc1.O=C(O)c1sccc1NS(=O)(=O)c1ccccc1. The van der Waals surface area contributed by atoms with E-state index in [0.717, 1.165) is 22.7 Å². The molecule has 47 heavy (non-hydrogen) atoms. The first-order valence-electron chi connectivity index (χ1n) is 13.5. The summed E-state index contributed by atoms with van der Waals surface area (Å²) in [7, 11) is -7.58. The fraction of sp³-hybridized carbons (Fsp3) is 0.0645. The van der Waals surface area contributed by atoms with E-state index in [9.17, 15) is 31.2 Å². The Morgan fingerprint density at radius 3 is 1.64 bits per heavy atom. The third-order valence-corrected chi connectivity index (χ3v) is 10.6. The highest BCUT2D eigenvalue weighted by Crippen LogP contribution is 2.28. The van der Waals surface area contributed by atoms with Gasteiger partial charge in [-0.05, 0) is 66.2 Å². The van der Waals surface area contributed by atoms with Crippen molar-refractivity contribution in [2.24, 2.45) is 0 Å². The number of esters is 1. The summed E-state index contributed by atoms with van der Waals surface area (Å²) in [6, 6.07) is 25.0. The number of hydrogen-bond acceptors (Lipinski definition) is 10. The number of benzene rings is 3. The van der Waals surface area contributed by atoms with Crippen LogP contribution >= 0.6 is 22.7 Å². The number of carbonyl (C=O) groups is 3. The van der Waals surface area contributed by atoms with E-state index in [4.69, 9.17) is 9.84 Å². The van der Waals surface area contributed by atoms with Gasteiger partial charge >= 0.3 is 11.9 Å². The molecule has 0 aliphatic rings. The number of aromatic carboxylic acids is 1. The van der Waals surface area contributed by atoms with Gasteiger partial charge in [-0.3, -0.25) is 14.2 Å². The lowest BCUT2D eigenvalue weighted by atomic mass is 10.1. The van der Waals surface area contributed by atoms with E-state index in [0.29, 0.717) is 0 Å². The molecule has 0 aliphatic carbocycles. The number of thiophene rings is 2. The van der Waals surface area contributed by atoms with Crippen molar-refractivity contribution >= 4 is 77.6 Å². The van der Waals surface area contributed by atoms with Crippen molar-refractivity contribution in [3.05, 3.63) is 123 Å². The second-order valence-electron chi connectivity index (χ2n) is 9.19. The molecular formula is C31H27N3O9S4. The summed E-state index contributed by atoms with van der Waals surface area (Å²) >= 11 is 2.05. The minimum absolute atomic E-state index is 0.0329.